The number of rotatable bonds is 6. The molecule has 9 nitrogen and oxygen atoms in total. The highest BCUT2D eigenvalue weighted by atomic mass is 32.2. The van der Waals surface area contributed by atoms with E-state index < -0.39 is 10.0 Å². The largest absolute Gasteiger partial charge is 0.495 e. The van der Waals surface area contributed by atoms with Crippen molar-refractivity contribution in [2.45, 2.75) is 11.8 Å². The summed E-state index contributed by atoms with van der Waals surface area (Å²) in [6.07, 6.45) is 3.19. The van der Waals surface area contributed by atoms with Crippen molar-refractivity contribution in [2.24, 2.45) is 0 Å². The minimum Gasteiger partial charge on any atom is -0.495 e. The van der Waals surface area contributed by atoms with E-state index in [1.54, 1.807) is 18.3 Å². The van der Waals surface area contributed by atoms with Crippen LogP contribution in [0.15, 0.2) is 59.9 Å². The van der Waals surface area contributed by atoms with Crippen molar-refractivity contribution >= 4 is 27.5 Å². The van der Waals surface area contributed by atoms with E-state index in [1.165, 1.54) is 17.7 Å². The van der Waals surface area contributed by atoms with Gasteiger partial charge < -0.3 is 15.0 Å². The highest BCUT2D eigenvalue weighted by molar-refractivity contribution is 7.89. The predicted molar refractivity (Wildman–Crippen MR) is 118 cm³/mol. The Morgan fingerprint density at radius 3 is 2.48 bits per heavy atom. The second-order valence-corrected chi connectivity index (χ2v) is 9.05. The van der Waals surface area contributed by atoms with Crippen LogP contribution in [0, 0.1) is 6.92 Å². The Hall–Kier alpha value is -3.24. The summed E-state index contributed by atoms with van der Waals surface area (Å²) in [5.41, 5.74) is 0.868. The maximum absolute atomic E-state index is 13.2. The van der Waals surface area contributed by atoms with E-state index in [0.717, 1.165) is 11.4 Å². The van der Waals surface area contributed by atoms with E-state index in [0.29, 0.717) is 43.6 Å². The van der Waals surface area contributed by atoms with Gasteiger partial charge in [-0.2, -0.15) is 4.31 Å². The van der Waals surface area contributed by atoms with E-state index in [4.69, 9.17) is 4.74 Å². The fraction of sp³-hybridized carbons (Fsp3) is 0.286. The first-order valence-corrected chi connectivity index (χ1v) is 11.3. The molecule has 1 aromatic carbocycles. The van der Waals surface area contributed by atoms with E-state index >= 15 is 0 Å². The van der Waals surface area contributed by atoms with Crippen LogP contribution in [0.1, 0.15) is 5.56 Å². The number of nitrogens with zero attached hydrogens (tertiary/aromatic N) is 5. The average molecular weight is 441 g/mol. The van der Waals surface area contributed by atoms with Crippen LogP contribution in [0.5, 0.6) is 5.75 Å². The van der Waals surface area contributed by atoms with Gasteiger partial charge >= 0.3 is 0 Å². The first-order chi connectivity index (χ1) is 15.0. The molecule has 162 valence electrons. The van der Waals surface area contributed by atoms with Crippen LogP contribution in [0.2, 0.25) is 0 Å². The summed E-state index contributed by atoms with van der Waals surface area (Å²) in [4.78, 5) is 15.1. The van der Waals surface area contributed by atoms with Gasteiger partial charge in [-0.25, -0.2) is 23.4 Å². The second-order valence-electron chi connectivity index (χ2n) is 7.15. The second kappa shape index (κ2) is 8.86. The highest BCUT2D eigenvalue weighted by Crippen LogP contribution is 2.29. The van der Waals surface area contributed by atoms with Gasteiger partial charge in [-0.1, -0.05) is 12.1 Å². The van der Waals surface area contributed by atoms with Gasteiger partial charge in [-0.15, -0.1) is 0 Å². The van der Waals surface area contributed by atoms with E-state index in [9.17, 15) is 8.42 Å². The van der Waals surface area contributed by atoms with Crippen LogP contribution in [0.25, 0.3) is 0 Å². The molecule has 0 amide bonds. The number of ether oxygens (including phenoxy) is 1. The predicted octanol–water partition coefficient (Wildman–Crippen LogP) is 2.44. The SMILES string of the molecule is COc1ccc(C)cc1S(=O)(=O)N1CCN(c2cc(Nc3ccccn3)ncn2)CC1. The van der Waals surface area contributed by atoms with Crippen LogP contribution >= 0.6 is 0 Å². The quantitative estimate of drug-likeness (QED) is 0.624. The number of methoxy groups -OCH3 is 1. The van der Waals surface area contributed by atoms with Gasteiger partial charge in [0.2, 0.25) is 10.0 Å². The van der Waals surface area contributed by atoms with Crippen molar-refractivity contribution < 1.29 is 13.2 Å². The third kappa shape index (κ3) is 4.59. The van der Waals surface area contributed by atoms with Crippen molar-refractivity contribution in [3.05, 3.63) is 60.6 Å². The Morgan fingerprint density at radius 1 is 0.968 bits per heavy atom. The Bertz CT molecular complexity index is 1150. The third-order valence-electron chi connectivity index (χ3n) is 5.07. The molecular formula is C21H24N6O3S. The molecule has 1 fully saturated rings. The van der Waals surface area contributed by atoms with Gasteiger partial charge in [-0.3, -0.25) is 0 Å². The molecular weight excluding hydrogens is 416 g/mol. The summed E-state index contributed by atoms with van der Waals surface area (Å²) < 4.78 is 33.2. The number of anilines is 3. The monoisotopic (exact) mass is 440 g/mol. The number of aromatic nitrogens is 3. The lowest BCUT2D eigenvalue weighted by molar-refractivity contribution is 0.373. The van der Waals surface area contributed by atoms with Gasteiger partial charge in [0, 0.05) is 38.4 Å². The standard InChI is InChI=1S/C21H24N6O3S/c1-16-6-7-17(30-2)18(13-16)31(28,29)27-11-9-26(10-12-27)21-14-20(23-15-24-21)25-19-5-3-4-8-22-19/h3-8,13-15H,9-12H2,1-2H3,(H,22,23,24,25). The molecule has 3 aromatic rings. The zero-order chi connectivity index (χ0) is 21.8. The number of piperazine rings is 1. The zero-order valence-corrected chi connectivity index (χ0v) is 18.2. The molecule has 2 aromatic heterocycles. The summed E-state index contributed by atoms with van der Waals surface area (Å²) in [5, 5.41) is 3.15. The molecule has 3 heterocycles. The Balaban J connectivity index is 1.47. The summed E-state index contributed by atoms with van der Waals surface area (Å²) >= 11 is 0. The fourth-order valence-electron chi connectivity index (χ4n) is 3.44. The maximum Gasteiger partial charge on any atom is 0.246 e. The molecule has 0 spiro atoms. The van der Waals surface area contributed by atoms with E-state index in [-0.39, 0.29) is 4.90 Å². The highest BCUT2D eigenvalue weighted by Gasteiger charge is 2.31. The molecule has 1 N–H and O–H groups in total. The summed E-state index contributed by atoms with van der Waals surface area (Å²) in [6.45, 7) is 3.61. The number of pyridine rings is 1. The number of nitrogens with one attached hydrogen (secondary N) is 1. The number of sulfonamides is 1. The summed E-state index contributed by atoms with van der Waals surface area (Å²) in [7, 11) is -2.17. The number of hydrogen-bond donors (Lipinski definition) is 1. The number of aryl methyl sites for hydroxylation is 1. The van der Waals surface area contributed by atoms with Crippen molar-refractivity contribution in [1.29, 1.82) is 0 Å². The number of benzene rings is 1. The van der Waals surface area contributed by atoms with Crippen molar-refractivity contribution in [2.75, 3.05) is 43.5 Å². The molecule has 0 unspecified atom stereocenters. The minimum atomic E-state index is -3.65. The molecule has 1 saturated heterocycles. The smallest absolute Gasteiger partial charge is 0.246 e. The molecule has 4 rings (SSSR count). The summed E-state index contributed by atoms with van der Waals surface area (Å²) in [6, 6.07) is 12.6. The van der Waals surface area contributed by atoms with Gasteiger partial charge in [-0.05, 0) is 36.8 Å². The van der Waals surface area contributed by atoms with Gasteiger partial charge in [0.05, 0.1) is 7.11 Å². The lowest BCUT2D eigenvalue weighted by Gasteiger charge is -2.34. The minimum absolute atomic E-state index is 0.201. The Kier molecular flexibility index (Phi) is 6.01. The molecule has 0 radical (unpaired) electrons. The van der Waals surface area contributed by atoms with Gasteiger partial charge in [0.1, 0.15) is 34.4 Å². The van der Waals surface area contributed by atoms with E-state index in [2.05, 4.69) is 20.3 Å². The molecule has 0 bridgehead atoms. The normalized spacial score (nSPS) is 15.0. The molecule has 0 saturated carbocycles. The van der Waals surface area contributed by atoms with Gasteiger partial charge in [0.25, 0.3) is 0 Å². The Labute approximate surface area is 181 Å². The van der Waals surface area contributed by atoms with Crippen LogP contribution in [-0.2, 0) is 10.0 Å². The first-order valence-electron chi connectivity index (χ1n) is 9.87. The van der Waals surface area contributed by atoms with Crippen molar-refractivity contribution in [3.8, 4) is 5.75 Å². The molecule has 0 atom stereocenters. The lowest BCUT2D eigenvalue weighted by Crippen LogP contribution is -2.49. The van der Waals surface area contributed by atoms with E-state index in [1.807, 2.05) is 42.2 Å². The topological polar surface area (TPSA) is 101 Å². The maximum atomic E-state index is 13.2. The molecule has 0 aliphatic carbocycles. The van der Waals surface area contributed by atoms with Crippen LogP contribution in [-0.4, -0.2) is 61.0 Å². The lowest BCUT2D eigenvalue weighted by atomic mass is 10.2. The zero-order valence-electron chi connectivity index (χ0n) is 17.4. The fourth-order valence-corrected chi connectivity index (χ4v) is 5.10. The molecule has 1 aliphatic rings. The molecule has 31 heavy (non-hydrogen) atoms. The van der Waals surface area contributed by atoms with Gasteiger partial charge in [0.15, 0.2) is 0 Å². The third-order valence-corrected chi connectivity index (χ3v) is 6.99. The Morgan fingerprint density at radius 2 is 1.77 bits per heavy atom. The summed E-state index contributed by atoms with van der Waals surface area (Å²) in [5.74, 6) is 2.41. The molecule has 10 heteroatoms. The molecule has 1 aliphatic heterocycles. The average Bonchev–Trinajstić information content (AvgIpc) is 2.80. The van der Waals surface area contributed by atoms with Crippen LogP contribution < -0.4 is 15.0 Å². The van der Waals surface area contributed by atoms with Crippen molar-refractivity contribution in [3.63, 3.8) is 0 Å². The van der Waals surface area contributed by atoms with Crippen LogP contribution in [0.4, 0.5) is 17.5 Å². The first kappa shape index (κ1) is 21.0. The van der Waals surface area contributed by atoms with Crippen molar-refractivity contribution in [1.82, 2.24) is 19.3 Å². The number of hydrogen-bond acceptors (Lipinski definition) is 8. The van der Waals surface area contributed by atoms with Crippen LogP contribution in [0.3, 0.4) is 0 Å².